The molecule has 1 rings (SSSR count). The van der Waals surface area contributed by atoms with E-state index in [1.54, 1.807) is 0 Å². The largest absolute Gasteiger partial charge is 0.494 e. The van der Waals surface area contributed by atoms with E-state index in [0.717, 1.165) is 19.2 Å². The standard InChI is InChI=1S/C13H15F2N3O5/c1-22-10-4-8(15)7(14)3-9(10)18-13(21)17-5-11(19)16-6-12(20)23-2/h3-4H,5-6H2,1-2H3,(H,16,19)(H2,17,18,21). The van der Waals surface area contributed by atoms with Crippen LogP contribution in [0.5, 0.6) is 5.75 Å². The minimum Gasteiger partial charge on any atom is -0.494 e. The van der Waals surface area contributed by atoms with Crippen LogP contribution in [0.2, 0.25) is 0 Å². The highest BCUT2D eigenvalue weighted by atomic mass is 19.2. The Morgan fingerprint density at radius 3 is 2.30 bits per heavy atom. The summed E-state index contributed by atoms with van der Waals surface area (Å²) in [6, 6.07) is 0.668. The number of benzene rings is 1. The van der Waals surface area contributed by atoms with Crippen LogP contribution in [0.3, 0.4) is 0 Å². The van der Waals surface area contributed by atoms with E-state index in [-0.39, 0.29) is 18.0 Å². The number of hydrogen-bond acceptors (Lipinski definition) is 5. The van der Waals surface area contributed by atoms with Crippen LogP contribution in [0.1, 0.15) is 0 Å². The van der Waals surface area contributed by atoms with Crippen molar-refractivity contribution in [2.75, 3.05) is 32.6 Å². The molecule has 23 heavy (non-hydrogen) atoms. The summed E-state index contributed by atoms with van der Waals surface area (Å²) in [5.74, 6) is -3.67. The van der Waals surface area contributed by atoms with E-state index < -0.39 is 36.1 Å². The fraction of sp³-hybridized carbons (Fsp3) is 0.308. The third-order valence-corrected chi connectivity index (χ3v) is 2.56. The Morgan fingerprint density at radius 1 is 1.04 bits per heavy atom. The van der Waals surface area contributed by atoms with E-state index in [4.69, 9.17) is 4.74 Å². The Kier molecular flexibility index (Phi) is 6.71. The summed E-state index contributed by atoms with van der Waals surface area (Å²) >= 11 is 0. The van der Waals surface area contributed by atoms with Gasteiger partial charge in [-0.2, -0.15) is 0 Å². The van der Waals surface area contributed by atoms with E-state index in [1.807, 2.05) is 0 Å². The van der Waals surface area contributed by atoms with Crippen molar-refractivity contribution < 1.29 is 32.6 Å². The Labute approximate surface area is 130 Å². The molecule has 0 radical (unpaired) electrons. The fourth-order valence-corrected chi connectivity index (χ4v) is 1.43. The molecular formula is C13H15F2N3O5. The number of amides is 3. The van der Waals surface area contributed by atoms with Gasteiger partial charge in [0.15, 0.2) is 11.6 Å². The van der Waals surface area contributed by atoms with Crippen molar-refractivity contribution in [2.45, 2.75) is 0 Å². The third-order valence-electron chi connectivity index (χ3n) is 2.56. The summed E-state index contributed by atoms with van der Waals surface area (Å²) in [7, 11) is 2.38. The number of esters is 1. The van der Waals surface area contributed by atoms with E-state index in [1.165, 1.54) is 7.11 Å². The molecule has 3 N–H and O–H groups in total. The Morgan fingerprint density at radius 2 is 1.70 bits per heavy atom. The van der Waals surface area contributed by atoms with E-state index in [2.05, 4.69) is 20.7 Å². The summed E-state index contributed by atoms with van der Waals surface area (Å²) in [6.45, 7) is -0.773. The van der Waals surface area contributed by atoms with Crippen molar-refractivity contribution in [2.24, 2.45) is 0 Å². The van der Waals surface area contributed by atoms with Crippen molar-refractivity contribution in [3.05, 3.63) is 23.8 Å². The van der Waals surface area contributed by atoms with Gasteiger partial charge in [0.25, 0.3) is 0 Å². The first kappa shape index (κ1) is 18.1. The molecule has 1 aromatic rings. The van der Waals surface area contributed by atoms with Crippen LogP contribution in [0.4, 0.5) is 19.3 Å². The summed E-state index contributed by atoms with van der Waals surface area (Å²) in [5.41, 5.74) is -0.112. The highest BCUT2D eigenvalue weighted by Gasteiger charge is 2.13. The lowest BCUT2D eigenvalue weighted by Gasteiger charge is -2.11. The van der Waals surface area contributed by atoms with Crippen LogP contribution in [0, 0.1) is 11.6 Å². The molecule has 0 atom stereocenters. The van der Waals surface area contributed by atoms with Crippen LogP contribution >= 0.6 is 0 Å². The SMILES string of the molecule is COC(=O)CNC(=O)CNC(=O)Nc1cc(F)c(F)cc1OC. The second kappa shape index (κ2) is 8.51. The molecule has 0 unspecified atom stereocenters. The minimum atomic E-state index is -1.17. The first-order chi connectivity index (χ1) is 10.9. The first-order valence-electron chi connectivity index (χ1n) is 6.28. The second-order valence-corrected chi connectivity index (χ2v) is 4.13. The summed E-state index contributed by atoms with van der Waals surface area (Å²) in [4.78, 5) is 33.8. The molecule has 0 spiro atoms. The maximum atomic E-state index is 13.2. The van der Waals surface area contributed by atoms with Gasteiger partial charge in [-0.05, 0) is 0 Å². The number of nitrogens with one attached hydrogen (secondary N) is 3. The summed E-state index contributed by atoms with van der Waals surface area (Å²) in [5, 5.41) is 6.58. The van der Waals surface area contributed by atoms with Gasteiger partial charge in [-0.15, -0.1) is 0 Å². The van der Waals surface area contributed by atoms with Gasteiger partial charge in [-0.25, -0.2) is 13.6 Å². The lowest BCUT2D eigenvalue weighted by atomic mass is 10.2. The summed E-state index contributed by atoms with van der Waals surface area (Å²) in [6.07, 6.45) is 0. The van der Waals surface area contributed by atoms with Crippen molar-refractivity contribution in [3.8, 4) is 5.75 Å². The average Bonchev–Trinajstić information content (AvgIpc) is 2.53. The highest BCUT2D eigenvalue weighted by molar-refractivity contribution is 5.93. The number of urea groups is 1. The number of ether oxygens (including phenoxy) is 2. The average molecular weight is 331 g/mol. The second-order valence-electron chi connectivity index (χ2n) is 4.13. The zero-order valence-electron chi connectivity index (χ0n) is 12.4. The number of rotatable bonds is 6. The molecule has 0 aliphatic heterocycles. The van der Waals surface area contributed by atoms with Crippen LogP contribution < -0.4 is 20.7 Å². The van der Waals surface area contributed by atoms with Gasteiger partial charge in [-0.3, -0.25) is 9.59 Å². The van der Waals surface area contributed by atoms with Gasteiger partial charge in [0.05, 0.1) is 26.5 Å². The fourth-order valence-electron chi connectivity index (χ4n) is 1.43. The van der Waals surface area contributed by atoms with E-state index >= 15 is 0 Å². The number of carbonyl (C=O) groups is 3. The third kappa shape index (κ3) is 5.77. The number of hydrogen-bond donors (Lipinski definition) is 3. The molecule has 10 heteroatoms. The molecular weight excluding hydrogens is 316 g/mol. The molecule has 3 amide bonds. The maximum absolute atomic E-state index is 13.2. The van der Waals surface area contributed by atoms with Crippen molar-refractivity contribution in [1.29, 1.82) is 0 Å². The van der Waals surface area contributed by atoms with Crippen LogP contribution in [0.25, 0.3) is 0 Å². The van der Waals surface area contributed by atoms with Crippen LogP contribution in [-0.2, 0) is 14.3 Å². The lowest BCUT2D eigenvalue weighted by molar-refractivity contribution is -0.141. The lowest BCUT2D eigenvalue weighted by Crippen LogP contribution is -2.40. The number of anilines is 1. The zero-order chi connectivity index (χ0) is 17.4. The Bertz CT molecular complexity index is 610. The topological polar surface area (TPSA) is 106 Å². The molecule has 0 saturated heterocycles. The van der Waals surface area contributed by atoms with Crippen molar-refractivity contribution in [3.63, 3.8) is 0 Å². The van der Waals surface area contributed by atoms with Gasteiger partial charge >= 0.3 is 12.0 Å². The normalized spacial score (nSPS) is 9.74. The molecule has 0 aliphatic carbocycles. The van der Waals surface area contributed by atoms with E-state index in [9.17, 15) is 23.2 Å². The van der Waals surface area contributed by atoms with Gasteiger partial charge < -0.3 is 25.4 Å². The number of halogens is 2. The molecule has 0 fully saturated rings. The van der Waals surface area contributed by atoms with Crippen LogP contribution in [-0.4, -0.2) is 45.2 Å². The minimum absolute atomic E-state index is 0.0887. The molecule has 0 saturated carbocycles. The highest BCUT2D eigenvalue weighted by Crippen LogP contribution is 2.26. The number of methoxy groups -OCH3 is 2. The monoisotopic (exact) mass is 331 g/mol. The predicted octanol–water partition coefficient (Wildman–Crippen LogP) is 0.384. The van der Waals surface area contributed by atoms with Crippen LogP contribution in [0.15, 0.2) is 12.1 Å². The number of carbonyl (C=O) groups excluding carboxylic acids is 3. The van der Waals surface area contributed by atoms with Crippen molar-refractivity contribution in [1.82, 2.24) is 10.6 Å². The maximum Gasteiger partial charge on any atom is 0.325 e. The smallest absolute Gasteiger partial charge is 0.325 e. The zero-order valence-corrected chi connectivity index (χ0v) is 12.4. The Balaban J connectivity index is 2.52. The molecule has 1 aromatic carbocycles. The molecule has 0 aromatic heterocycles. The molecule has 0 bridgehead atoms. The summed E-state index contributed by atoms with van der Waals surface area (Å²) < 4.78 is 35.3. The van der Waals surface area contributed by atoms with Crippen molar-refractivity contribution >= 4 is 23.6 Å². The van der Waals surface area contributed by atoms with E-state index in [0.29, 0.717) is 0 Å². The molecule has 126 valence electrons. The quantitative estimate of drug-likeness (QED) is 0.654. The van der Waals surface area contributed by atoms with Gasteiger partial charge in [0.1, 0.15) is 12.3 Å². The van der Waals surface area contributed by atoms with Gasteiger partial charge in [0.2, 0.25) is 5.91 Å². The predicted molar refractivity (Wildman–Crippen MR) is 75.0 cm³/mol. The molecule has 0 heterocycles. The molecule has 8 nitrogen and oxygen atoms in total. The Hall–Kier alpha value is -2.91. The van der Waals surface area contributed by atoms with Gasteiger partial charge in [-0.1, -0.05) is 0 Å². The van der Waals surface area contributed by atoms with Gasteiger partial charge in [0, 0.05) is 12.1 Å². The first-order valence-corrected chi connectivity index (χ1v) is 6.28. The molecule has 0 aliphatic rings.